The van der Waals surface area contributed by atoms with Gasteiger partial charge in [0.15, 0.2) is 0 Å². The van der Waals surface area contributed by atoms with Crippen molar-refractivity contribution in [1.29, 1.82) is 0 Å². The van der Waals surface area contributed by atoms with Crippen molar-refractivity contribution < 1.29 is 22.5 Å². The highest BCUT2D eigenvalue weighted by molar-refractivity contribution is 5.41. The standard InChI is InChI=1S/C8H5F4NO2/c9-7(8(10,11)12)5-3-1-2-4-6(5)13(14)15/h1-4,7H. The summed E-state index contributed by atoms with van der Waals surface area (Å²) >= 11 is 0. The Hall–Kier alpha value is -1.66. The summed E-state index contributed by atoms with van der Waals surface area (Å²) in [7, 11) is 0. The molecule has 0 spiro atoms. The molecule has 0 aliphatic carbocycles. The fourth-order valence-electron chi connectivity index (χ4n) is 1.04. The zero-order valence-corrected chi connectivity index (χ0v) is 7.16. The van der Waals surface area contributed by atoms with Gasteiger partial charge in [-0.1, -0.05) is 12.1 Å². The molecule has 0 radical (unpaired) electrons. The SMILES string of the molecule is O=[N+]([O-])c1ccccc1C(F)C(F)(F)F. The van der Waals surface area contributed by atoms with E-state index in [-0.39, 0.29) is 0 Å². The summed E-state index contributed by atoms with van der Waals surface area (Å²) in [5, 5.41) is 10.3. The number of alkyl halides is 4. The van der Waals surface area contributed by atoms with Gasteiger partial charge in [0, 0.05) is 6.07 Å². The first-order chi connectivity index (χ1) is 6.84. The van der Waals surface area contributed by atoms with E-state index >= 15 is 0 Å². The van der Waals surface area contributed by atoms with E-state index in [4.69, 9.17) is 0 Å². The Morgan fingerprint density at radius 1 is 1.27 bits per heavy atom. The number of nitro groups is 1. The first kappa shape index (κ1) is 11.4. The van der Waals surface area contributed by atoms with E-state index in [1.165, 1.54) is 6.07 Å². The van der Waals surface area contributed by atoms with Crippen molar-refractivity contribution in [1.82, 2.24) is 0 Å². The summed E-state index contributed by atoms with van der Waals surface area (Å²) in [4.78, 5) is 9.28. The molecule has 0 saturated heterocycles. The summed E-state index contributed by atoms with van der Waals surface area (Å²) < 4.78 is 48.8. The molecular formula is C8H5F4NO2. The molecule has 0 aliphatic rings. The Morgan fingerprint density at radius 3 is 2.27 bits per heavy atom. The lowest BCUT2D eigenvalue weighted by atomic mass is 10.1. The van der Waals surface area contributed by atoms with E-state index in [2.05, 4.69) is 0 Å². The van der Waals surface area contributed by atoms with Crippen molar-refractivity contribution in [3.63, 3.8) is 0 Å². The Morgan fingerprint density at radius 2 is 1.80 bits per heavy atom. The first-order valence-electron chi connectivity index (χ1n) is 3.78. The van der Waals surface area contributed by atoms with Gasteiger partial charge < -0.3 is 0 Å². The van der Waals surface area contributed by atoms with E-state index in [0.717, 1.165) is 18.2 Å². The van der Waals surface area contributed by atoms with Gasteiger partial charge in [-0.2, -0.15) is 13.2 Å². The molecule has 0 amide bonds. The van der Waals surface area contributed by atoms with Gasteiger partial charge in [0.1, 0.15) is 0 Å². The van der Waals surface area contributed by atoms with Gasteiger partial charge in [-0.05, 0) is 6.07 Å². The van der Waals surface area contributed by atoms with Crippen LogP contribution < -0.4 is 0 Å². The van der Waals surface area contributed by atoms with Crippen LogP contribution in [0.4, 0.5) is 23.2 Å². The van der Waals surface area contributed by atoms with Crippen molar-refractivity contribution in [3.8, 4) is 0 Å². The van der Waals surface area contributed by atoms with Gasteiger partial charge in [-0.15, -0.1) is 0 Å². The largest absolute Gasteiger partial charge is 0.424 e. The van der Waals surface area contributed by atoms with Crippen LogP contribution >= 0.6 is 0 Å². The van der Waals surface area contributed by atoms with Gasteiger partial charge >= 0.3 is 6.18 Å². The Balaban J connectivity index is 3.19. The van der Waals surface area contributed by atoms with Gasteiger partial charge in [0.25, 0.3) is 5.69 Å². The maximum atomic E-state index is 12.8. The molecule has 0 fully saturated rings. The Labute approximate surface area is 81.5 Å². The van der Waals surface area contributed by atoms with Crippen LogP contribution in [0.15, 0.2) is 24.3 Å². The number of halogens is 4. The number of nitrogens with zero attached hydrogens (tertiary/aromatic N) is 1. The topological polar surface area (TPSA) is 43.1 Å². The number of rotatable bonds is 2. The second kappa shape index (κ2) is 3.84. The molecule has 0 heterocycles. The molecule has 3 nitrogen and oxygen atoms in total. The molecule has 1 unspecified atom stereocenters. The van der Waals surface area contributed by atoms with Crippen LogP contribution in [-0.4, -0.2) is 11.1 Å². The zero-order valence-electron chi connectivity index (χ0n) is 7.16. The van der Waals surface area contributed by atoms with Gasteiger partial charge in [-0.3, -0.25) is 10.1 Å². The quantitative estimate of drug-likeness (QED) is 0.439. The molecule has 7 heteroatoms. The Kier molecular flexibility index (Phi) is 2.92. The lowest BCUT2D eigenvalue weighted by molar-refractivity contribution is -0.386. The minimum atomic E-state index is -5.13. The monoisotopic (exact) mass is 223 g/mol. The minimum absolute atomic E-state index is 0.746. The third-order valence-electron chi connectivity index (χ3n) is 1.69. The summed E-state index contributed by atoms with van der Waals surface area (Å²) in [5.74, 6) is 0. The maximum absolute atomic E-state index is 12.8. The fourth-order valence-corrected chi connectivity index (χ4v) is 1.04. The van der Waals surface area contributed by atoms with Crippen molar-refractivity contribution >= 4 is 5.69 Å². The fraction of sp³-hybridized carbons (Fsp3) is 0.250. The molecule has 1 rings (SSSR count). The molecule has 0 aliphatic heterocycles. The van der Waals surface area contributed by atoms with E-state index in [1.807, 2.05) is 0 Å². The van der Waals surface area contributed by atoms with Crippen LogP contribution in [0, 0.1) is 10.1 Å². The van der Waals surface area contributed by atoms with Crippen molar-refractivity contribution in [2.45, 2.75) is 12.3 Å². The summed E-state index contributed by atoms with van der Waals surface area (Å²) in [5.41, 5.74) is -1.85. The van der Waals surface area contributed by atoms with Crippen molar-refractivity contribution in [2.24, 2.45) is 0 Å². The highest BCUT2D eigenvalue weighted by atomic mass is 19.4. The second-order valence-corrected chi connectivity index (χ2v) is 2.72. The summed E-state index contributed by atoms with van der Waals surface area (Å²) in [6.07, 6.45) is -8.47. The van der Waals surface area contributed by atoms with Crippen molar-refractivity contribution in [2.75, 3.05) is 0 Å². The Bertz CT molecular complexity index is 377. The molecule has 0 saturated carbocycles. The predicted octanol–water partition coefficient (Wildman–Crippen LogP) is 3.17. The number of para-hydroxylation sites is 1. The molecular weight excluding hydrogens is 218 g/mol. The van der Waals surface area contributed by atoms with Crippen LogP contribution in [0.25, 0.3) is 0 Å². The summed E-state index contributed by atoms with van der Waals surface area (Å²) in [6, 6.07) is 3.86. The lowest BCUT2D eigenvalue weighted by Gasteiger charge is -2.12. The van der Waals surface area contributed by atoms with Gasteiger partial charge in [0.05, 0.1) is 10.5 Å². The summed E-state index contributed by atoms with van der Waals surface area (Å²) in [6.45, 7) is 0. The molecule has 0 bridgehead atoms. The van der Waals surface area contributed by atoms with Crippen LogP contribution in [0.2, 0.25) is 0 Å². The predicted molar refractivity (Wildman–Crippen MR) is 43.0 cm³/mol. The first-order valence-corrected chi connectivity index (χ1v) is 3.78. The third kappa shape index (κ3) is 2.42. The molecule has 0 aromatic heterocycles. The maximum Gasteiger partial charge on any atom is 0.424 e. The average Bonchev–Trinajstić information content (AvgIpc) is 2.15. The van der Waals surface area contributed by atoms with Crippen LogP contribution in [0.5, 0.6) is 0 Å². The van der Waals surface area contributed by atoms with Crippen LogP contribution in [0.3, 0.4) is 0 Å². The number of hydrogen-bond donors (Lipinski definition) is 0. The smallest absolute Gasteiger partial charge is 0.258 e. The highest BCUT2D eigenvalue weighted by Gasteiger charge is 2.44. The molecule has 0 N–H and O–H groups in total. The third-order valence-corrected chi connectivity index (χ3v) is 1.69. The van der Waals surface area contributed by atoms with E-state index in [9.17, 15) is 27.7 Å². The normalized spacial score (nSPS) is 13.6. The van der Waals surface area contributed by atoms with E-state index in [1.54, 1.807) is 0 Å². The van der Waals surface area contributed by atoms with Crippen LogP contribution in [-0.2, 0) is 0 Å². The average molecular weight is 223 g/mol. The van der Waals surface area contributed by atoms with Crippen molar-refractivity contribution in [3.05, 3.63) is 39.9 Å². The highest BCUT2D eigenvalue weighted by Crippen LogP contribution is 2.39. The van der Waals surface area contributed by atoms with Gasteiger partial charge in [0.2, 0.25) is 6.17 Å². The zero-order chi connectivity index (χ0) is 11.6. The van der Waals surface area contributed by atoms with Gasteiger partial charge in [-0.25, -0.2) is 4.39 Å². The second-order valence-electron chi connectivity index (χ2n) is 2.72. The molecule has 1 aromatic carbocycles. The lowest BCUT2D eigenvalue weighted by Crippen LogP contribution is -2.17. The number of nitro benzene ring substituents is 1. The van der Waals surface area contributed by atoms with E-state index < -0.39 is 28.5 Å². The molecule has 1 atom stereocenters. The number of hydrogen-bond acceptors (Lipinski definition) is 2. The van der Waals surface area contributed by atoms with Crippen LogP contribution in [0.1, 0.15) is 11.7 Å². The number of benzene rings is 1. The molecule has 82 valence electrons. The minimum Gasteiger partial charge on any atom is -0.258 e. The molecule has 15 heavy (non-hydrogen) atoms. The van der Waals surface area contributed by atoms with E-state index in [0.29, 0.717) is 0 Å². The molecule has 1 aromatic rings.